The van der Waals surface area contributed by atoms with E-state index in [1.54, 1.807) is 49.5 Å². The van der Waals surface area contributed by atoms with E-state index < -0.39 is 27.7 Å². The molecule has 0 unspecified atom stereocenters. The summed E-state index contributed by atoms with van der Waals surface area (Å²) in [6, 6.07) is 17.2. The van der Waals surface area contributed by atoms with Gasteiger partial charge in [0.25, 0.3) is 10.1 Å². The second kappa shape index (κ2) is 10.0. The third kappa shape index (κ3) is 5.77. The predicted molar refractivity (Wildman–Crippen MR) is 125 cm³/mol. The molecule has 0 fully saturated rings. The van der Waals surface area contributed by atoms with Gasteiger partial charge in [-0.15, -0.1) is 0 Å². The minimum absolute atomic E-state index is 0.0666. The summed E-state index contributed by atoms with van der Waals surface area (Å²) in [5, 5.41) is 8.71. The van der Waals surface area contributed by atoms with Crippen LogP contribution in [0.5, 0.6) is 0 Å². The van der Waals surface area contributed by atoms with Crippen LogP contribution in [0, 0.1) is 24.1 Å². The summed E-state index contributed by atoms with van der Waals surface area (Å²) < 4.78 is 50.2. The van der Waals surface area contributed by atoms with Crippen LogP contribution < -0.4 is 11.5 Å². The highest BCUT2D eigenvalue weighted by molar-refractivity contribution is 7.85. The van der Waals surface area contributed by atoms with Crippen molar-refractivity contribution in [1.82, 2.24) is 4.57 Å². The van der Waals surface area contributed by atoms with E-state index in [1.807, 2.05) is 13.0 Å². The van der Waals surface area contributed by atoms with Crippen molar-refractivity contribution in [3.8, 4) is 17.2 Å². The van der Waals surface area contributed by atoms with Crippen molar-refractivity contribution < 1.29 is 21.8 Å². The Bertz CT molecular complexity index is 1530. The Morgan fingerprint density at radius 2 is 1.74 bits per heavy atom. The van der Waals surface area contributed by atoms with E-state index in [-0.39, 0.29) is 11.3 Å². The van der Waals surface area contributed by atoms with Crippen molar-refractivity contribution in [3.05, 3.63) is 88.2 Å². The maximum atomic E-state index is 14.2. The van der Waals surface area contributed by atoms with Gasteiger partial charge in [-0.05, 0) is 53.9 Å². The topological polar surface area (TPSA) is 139 Å². The molecule has 0 aliphatic carbocycles. The molecule has 1 aromatic heterocycles. The first-order chi connectivity index (χ1) is 16.0. The zero-order chi connectivity index (χ0) is 25.0. The minimum Gasteiger partial charge on any atom is -0.408 e. The summed E-state index contributed by atoms with van der Waals surface area (Å²) >= 11 is 0. The molecule has 0 aliphatic heterocycles. The highest BCUT2D eigenvalue weighted by atomic mass is 32.2. The third-order valence-electron chi connectivity index (χ3n) is 5.10. The van der Waals surface area contributed by atoms with Crippen LogP contribution in [0.1, 0.15) is 11.1 Å². The van der Waals surface area contributed by atoms with E-state index >= 15 is 0 Å². The molecule has 4 aromatic rings. The fourth-order valence-electron chi connectivity index (χ4n) is 3.19. The van der Waals surface area contributed by atoms with Crippen molar-refractivity contribution in [1.29, 1.82) is 5.26 Å². The number of fused-ring (bicyclic) bond motifs is 1. The zero-order valence-corrected chi connectivity index (χ0v) is 19.2. The maximum absolute atomic E-state index is 14.2. The highest BCUT2D eigenvalue weighted by Crippen LogP contribution is 2.26. The third-order valence-corrected chi connectivity index (χ3v) is 5.97. The number of hydrogen-bond donors (Lipinski definition) is 2. The van der Waals surface area contributed by atoms with Gasteiger partial charge in [0.2, 0.25) is 0 Å². The van der Waals surface area contributed by atoms with Crippen molar-refractivity contribution in [3.63, 3.8) is 0 Å². The van der Waals surface area contributed by atoms with Gasteiger partial charge >= 0.3 is 5.76 Å². The van der Waals surface area contributed by atoms with Gasteiger partial charge in [0, 0.05) is 13.5 Å². The molecule has 0 saturated carbocycles. The number of halogens is 1. The fraction of sp³-hybridized carbons (Fsp3) is 0.167. The Kier molecular flexibility index (Phi) is 7.32. The molecule has 10 heteroatoms. The number of rotatable bonds is 4. The maximum Gasteiger partial charge on any atom is 0.419 e. The molecule has 1 atom stereocenters. The zero-order valence-electron chi connectivity index (χ0n) is 18.4. The normalized spacial score (nSPS) is 12.0. The summed E-state index contributed by atoms with van der Waals surface area (Å²) in [6.45, 7) is 1.84. The molecule has 4 rings (SSSR count). The summed E-state index contributed by atoms with van der Waals surface area (Å²) in [6.07, 6.45) is 0.165. The van der Waals surface area contributed by atoms with Crippen LogP contribution in [-0.2, 0) is 23.6 Å². The SMILES string of the molecule is Cc1ccc(S(=O)(=O)O)cc1.Cn1c(=O)oc2ccc(-c3ccc(C[C@H](N)C#N)c(F)c3)cc21. The Morgan fingerprint density at radius 3 is 2.32 bits per heavy atom. The second-order valence-electron chi connectivity index (χ2n) is 7.64. The molecular weight excluding hydrogens is 461 g/mol. The first-order valence-electron chi connectivity index (χ1n) is 10.1. The fourth-order valence-corrected chi connectivity index (χ4v) is 3.67. The van der Waals surface area contributed by atoms with Gasteiger partial charge in [0.15, 0.2) is 5.58 Å². The number of oxazole rings is 1. The van der Waals surface area contributed by atoms with Crippen LogP contribution in [-0.4, -0.2) is 23.6 Å². The first-order valence-corrected chi connectivity index (χ1v) is 11.5. The summed E-state index contributed by atoms with van der Waals surface area (Å²) in [4.78, 5) is 11.4. The standard InChI is InChI=1S/C17H14FN3O2.C7H8O3S/c1-21-15-8-11(4-5-16(15)23-17(21)22)10-2-3-12(14(18)7-10)6-13(20)9-19;1-6-2-4-7(5-3-6)11(8,9)10/h2-5,7-8,13H,6,20H2,1H3;2-5H,1H3,(H,8,9,10)/t13-;/m0./s1. The molecule has 176 valence electrons. The molecule has 8 nitrogen and oxygen atoms in total. The van der Waals surface area contributed by atoms with Gasteiger partial charge in [0.1, 0.15) is 5.82 Å². The van der Waals surface area contributed by atoms with Gasteiger partial charge in [-0.1, -0.05) is 35.9 Å². The number of aromatic nitrogens is 1. The van der Waals surface area contributed by atoms with E-state index in [2.05, 4.69) is 0 Å². The van der Waals surface area contributed by atoms with Crippen LogP contribution in [0.2, 0.25) is 0 Å². The first kappa shape index (κ1) is 24.9. The Balaban J connectivity index is 0.000000248. The van der Waals surface area contributed by atoms with Gasteiger partial charge < -0.3 is 10.2 Å². The van der Waals surface area contributed by atoms with Crippen LogP contribution >= 0.6 is 0 Å². The molecule has 3 N–H and O–H groups in total. The lowest BCUT2D eigenvalue weighted by molar-refractivity contribution is 0.483. The number of aryl methyl sites for hydroxylation is 2. The number of hydrogen-bond acceptors (Lipinski definition) is 6. The molecule has 3 aromatic carbocycles. The lowest BCUT2D eigenvalue weighted by Crippen LogP contribution is -2.20. The Labute approximate surface area is 195 Å². The Hall–Kier alpha value is -3.78. The molecule has 0 spiro atoms. The van der Waals surface area contributed by atoms with E-state index in [4.69, 9.17) is 20.0 Å². The summed E-state index contributed by atoms with van der Waals surface area (Å²) in [5.74, 6) is -0.849. The van der Waals surface area contributed by atoms with Gasteiger partial charge in [-0.25, -0.2) is 9.18 Å². The van der Waals surface area contributed by atoms with Crippen molar-refractivity contribution in [2.75, 3.05) is 0 Å². The molecule has 0 radical (unpaired) electrons. The monoisotopic (exact) mass is 483 g/mol. The summed E-state index contributed by atoms with van der Waals surface area (Å²) in [5.41, 5.74) is 9.46. The van der Waals surface area contributed by atoms with Crippen LogP contribution in [0.4, 0.5) is 4.39 Å². The molecule has 0 aliphatic rings. The highest BCUT2D eigenvalue weighted by Gasteiger charge is 2.11. The molecule has 1 heterocycles. The molecule has 0 amide bonds. The van der Waals surface area contributed by atoms with E-state index in [0.717, 1.165) is 11.1 Å². The molecule has 34 heavy (non-hydrogen) atoms. The van der Waals surface area contributed by atoms with Gasteiger partial charge in [-0.2, -0.15) is 13.7 Å². The van der Waals surface area contributed by atoms with Crippen molar-refractivity contribution in [2.24, 2.45) is 12.8 Å². The minimum atomic E-state index is -4.02. The average Bonchev–Trinajstić information content (AvgIpc) is 3.08. The molecule has 0 saturated heterocycles. The average molecular weight is 484 g/mol. The van der Waals surface area contributed by atoms with Crippen LogP contribution in [0.3, 0.4) is 0 Å². The quantitative estimate of drug-likeness (QED) is 0.423. The van der Waals surface area contributed by atoms with Crippen LogP contribution in [0.25, 0.3) is 22.2 Å². The van der Waals surface area contributed by atoms with Gasteiger partial charge in [-0.3, -0.25) is 9.12 Å². The predicted octanol–water partition coefficient (Wildman–Crippen LogP) is 3.57. The largest absolute Gasteiger partial charge is 0.419 e. The molecule has 0 bridgehead atoms. The van der Waals surface area contributed by atoms with Crippen LogP contribution in [0.15, 0.2) is 74.8 Å². The van der Waals surface area contributed by atoms with Gasteiger partial charge in [0.05, 0.1) is 22.5 Å². The van der Waals surface area contributed by atoms with Crippen molar-refractivity contribution in [2.45, 2.75) is 24.3 Å². The smallest absolute Gasteiger partial charge is 0.408 e. The number of benzene rings is 3. The van der Waals surface area contributed by atoms with E-state index in [0.29, 0.717) is 22.2 Å². The number of nitrogens with zero attached hydrogens (tertiary/aromatic N) is 2. The summed E-state index contributed by atoms with van der Waals surface area (Å²) in [7, 11) is -2.40. The van der Waals surface area contributed by atoms with Crippen molar-refractivity contribution >= 4 is 21.2 Å². The number of nitriles is 1. The second-order valence-corrected chi connectivity index (χ2v) is 9.07. The lowest BCUT2D eigenvalue weighted by atomic mass is 10.00. The molecular formula is C24H22FN3O5S. The Morgan fingerprint density at radius 1 is 1.12 bits per heavy atom. The lowest BCUT2D eigenvalue weighted by Gasteiger charge is -2.08. The van der Waals surface area contributed by atoms with E-state index in [1.165, 1.54) is 22.8 Å². The number of nitrogens with two attached hydrogens (primary N) is 1. The van der Waals surface area contributed by atoms with E-state index in [9.17, 15) is 17.6 Å².